The summed E-state index contributed by atoms with van der Waals surface area (Å²) in [6.45, 7) is 1.09. The summed E-state index contributed by atoms with van der Waals surface area (Å²) in [6.07, 6.45) is 0. The summed E-state index contributed by atoms with van der Waals surface area (Å²) in [5.74, 6) is 1.30. The van der Waals surface area contributed by atoms with Gasteiger partial charge in [0.2, 0.25) is 6.79 Å². The van der Waals surface area contributed by atoms with Crippen LogP contribution in [0, 0.1) is 0 Å². The third-order valence-electron chi connectivity index (χ3n) is 5.07. The Morgan fingerprint density at radius 2 is 1.97 bits per heavy atom. The van der Waals surface area contributed by atoms with Crippen LogP contribution in [0.2, 0.25) is 5.02 Å². The molecule has 0 fully saturated rings. The second-order valence-electron chi connectivity index (χ2n) is 7.29. The molecular weight excluding hydrogens is 466 g/mol. The van der Waals surface area contributed by atoms with Gasteiger partial charge in [0.15, 0.2) is 16.6 Å². The Morgan fingerprint density at radius 1 is 1.12 bits per heavy atom. The second kappa shape index (κ2) is 8.82. The molecule has 0 amide bonds. The number of benzene rings is 2. The molecule has 5 rings (SSSR count). The summed E-state index contributed by atoms with van der Waals surface area (Å²) in [5, 5.41) is 7.25. The summed E-state index contributed by atoms with van der Waals surface area (Å²) in [4.78, 5) is 18.9. The van der Waals surface area contributed by atoms with Crippen molar-refractivity contribution < 1.29 is 9.47 Å². The molecule has 9 heteroatoms. The van der Waals surface area contributed by atoms with Crippen molar-refractivity contribution in [3.05, 3.63) is 85.8 Å². The lowest BCUT2D eigenvalue weighted by molar-refractivity contribution is 0.174. The first kappa shape index (κ1) is 20.8. The van der Waals surface area contributed by atoms with E-state index in [2.05, 4.69) is 10.3 Å². The van der Waals surface area contributed by atoms with Gasteiger partial charge in [-0.2, -0.15) is 0 Å². The van der Waals surface area contributed by atoms with Gasteiger partial charge in [-0.05, 0) is 54.0 Å². The van der Waals surface area contributed by atoms with E-state index in [4.69, 9.17) is 33.3 Å². The molecule has 2 aromatic carbocycles. The number of fused-ring (bicyclic) bond motifs is 2. The number of aromatic nitrogens is 1. The molecule has 0 saturated carbocycles. The average molecular weight is 484 g/mol. The van der Waals surface area contributed by atoms with Crippen LogP contribution in [0.1, 0.15) is 10.4 Å². The van der Waals surface area contributed by atoms with Crippen molar-refractivity contribution in [1.82, 2.24) is 9.88 Å². The first-order valence-corrected chi connectivity index (χ1v) is 11.5. The zero-order valence-corrected chi connectivity index (χ0v) is 19.2. The largest absolute Gasteiger partial charge is 0.454 e. The number of hydrogen-bond acceptors (Lipinski definition) is 5. The lowest BCUT2D eigenvalue weighted by atomic mass is 10.1. The number of nitrogens with one attached hydrogen (secondary N) is 2. The van der Waals surface area contributed by atoms with Crippen LogP contribution >= 0.6 is 35.2 Å². The number of H-pyrrole nitrogens is 1. The van der Waals surface area contributed by atoms with Crippen LogP contribution in [0.5, 0.6) is 11.5 Å². The molecule has 0 unspecified atom stereocenters. The molecule has 2 aromatic heterocycles. The normalized spacial score (nSPS) is 12.2. The quantitative estimate of drug-likeness (QED) is 0.372. The van der Waals surface area contributed by atoms with Crippen molar-refractivity contribution in [2.75, 3.05) is 12.1 Å². The summed E-state index contributed by atoms with van der Waals surface area (Å²) < 4.78 is 10.9. The molecule has 3 heterocycles. The fraction of sp³-hybridized carbons (Fsp3) is 0.130. The van der Waals surface area contributed by atoms with E-state index in [9.17, 15) is 4.79 Å². The van der Waals surface area contributed by atoms with Gasteiger partial charge in [-0.1, -0.05) is 23.7 Å². The number of thiophene rings is 1. The van der Waals surface area contributed by atoms with E-state index in [1.807, 2.05) is 52.7 Å². The Bertz CT molecular complexity index is 1350. The van der Waals surface area contributed by atoms with E-state index in [1.165, 1.54) is 0 Å². The highest BCUT2D eigenvalue weighted by atomic mass is 35.5. The Balaban J connectivity index is 1.45. The highest BCUT2D eigenvalue weighted by Gasteiger charge is 2.18. The minimum absolute atomic E-state index is 0.168. The van der Waals surface area contributed by atoms with Crippen molar-refractivity contribution in [2.24, 2.45) is 0 Å². The van der Waals surface area contributed by atoms with Crippen LogP contribution < -0.4 is 20.3 Å². The molecule has 4 aromatic rings. The molecule has 0 saturated heterocycles. The number of aromatic amines is 1. The van der Waals surface area contributed by atoms with Gasteiger partial charge in [0.25, 0.3) is 5.56 Å². The number of halogens is 1. The van der Waals surface area contributed by atoms with E-state index >= 15 is 0 Å². The Hall–Kier alpha value is -3.07. The smallest absolute Gasteiger partial charge is 0.253 e. The molecule has 1 aliphatic heterocycles. The monoisotopic (exact) mass is 483 g/mol. The zero-order valence-electron chi connectivity index (χ0n) is 16.8. The number of anilines is 1. The molecule has 32 heavy (non-hydrogen) atoms. The topological polar surface area (TPSA) is 66.6 Å². The van der Waals surface area contributed by atoms with E-state index in [0.29, 0.717) is 45.8 Å². The summed E-state index contributed by atoms with van der Waals surface area (Å²) in [5.41, 5.74) is 1.92. The Morgan fingerprint density at radius 3 is 2.75 bits per heavy atom. The van der Waals surface area contributed by atoms with Gasteiger partial charge < -0.3 is 24.7 Å². The molecule has 2 N–H and O–H groups in total. The molecule has 6 nitrogen and oxygen atoms in total. The summed E-state index contributed by atoms with van der Waals surface area (Å²) >= 11 is 13.5. The standard InChI is InChI=1S/C23H18ClN3O3S2/c24-16-3-1-4-17(9-16)25-23(31)27(12-18-5-2-6-32-18)11-15-7-14-8-20-21(30-13-29-20)10-19(14)26-22(15)28/h1-10H,11-13H2,(H,25,31)(H,26,28). The fourth-order valence-electron chi connectivity index (χ4n) is 3.52. The molecule has 0 spiro atoms. The van der Waals surface area contributed by atoms with Gasteiger partial charge in [0, 0.05) is 32.6 Å². The minimum atomic E-state index is -0.168. The number of rotatable bonds is 5. The zero-order chi connectivity index (χ0) is 22.1. The van der Waals surface area contributed by atoms with Crippen molar-refractivity contribution in [1.29, 1.82) is 0 Å². The first-order chi connectivity index (χ1) is 15.5. The van der Waals surface area contributed by atoms with Gasteiger partial charge in [-0.3, -0.25) is 4.79 Å². The van der Waals surface area contributed by atoms with Crippen LogP contribution in [-0.4, -0.2) is 21.8 Å². The summed E-state index contributed by atoms with van der Waals surface area (Å²) in [6, 6.07) is 17.0. The number of ether oxygens (including phenoxy) is 2. The molecule has 1 aliphatic rings. The molecule has 0 aliphatic carbocycles. The third kappa shape index (κ3) is 4.43. The molecular formula is C23H18ClN3O3S2. The van der Waals surface area contributed by atoms with Gasteiger partial charge in [0.1, 0.15) is 0 Å². The number of hydrogen-bond donors (Lipinski definition) is 2. The Kier molecular flexibility index (Phi) is 5.73. The van der Waals surface area contributed by atoms with Crippen LogP contribution in [0.4, 0.5) is 5.69 Å². The maximum Gasteiger partial charge on any atom is 0.253 e. The second-order valence-corrected chi connectivity index (χ2v) is 9.15. The highest BCUT2D eigenvalue weighted by molar-refractivity contribution is 7.80. The lowest BCUT2D eigenvalue weighted by Gasteiger charge is -2.25. The van der Waals surface area contributed by atoms with Crippen molar-refractivity contribution in [2.45, 2.75) is 13.1 Å². The first-order valence-electron chi connectivity index (χ1n) is 9.84. The van der Waals surface area contributed by atoms with Crippen molar-refractivity contribution in [3.8, 4) is 11.5 Å². The Labute approximate surface area is 198 Å². The van der Waals surface area contributed by atoms with Crippen LogP contribution in [0.15, 0.2) is 64.8 Å². The van der Waals surface area contributed by atoms with E-state index in [-0.39, 0.29) is 12.4 Å². The third-order valence-corrected chi connectivity index (χ3v) is 6.52. The maximum absolute atomic E-state index is 12.9. The van der Waals surface area contributed by atoms with Crippen LogP contribution in [-0.2, 0) is 13.1 Å². The maximum atomic E-state index is 12.9. The molecule has 162 valence electrons. The van der Waals surface area contributed by atoms with Gasteiger partial charge >= 0.3 is 0 Å². The molecule has 0 bridgehead atoms. The van der Waals surface area contributed by atoms with Crippen molar-refractivity contribution in [3.63, 3.8) is 0 Å². The number of thiocarbonyl (C=S) groups is 1. The highest BCUT2D eigenvalue weighted by Crippen LogP contribution is 2.35. The lowest BCUT2D eigenvalue weighted by Crippen LogP contribution is -2.35. The predicted octanol–water partition coefficient (Wildman–Crippen LogP) is 5.37. The fourth-order valence-corrected chi connectivity index (χ4v) is 4.68. The van der Waals surface area contributed by atoms with Crippen LogP contribution in [0.3, 0.4) is 0 Å². The molecule has 0 atom stereocenters. The minimum Gasteiger partial charge on any atom is -0.454 e. The van der Waals surface area contributed by atoms with E-state index < -0.39 is 0 Å². The number of nitrogens with zero attached hydrogens (tertiary/aromatic N) is 1. The van der Waals surface area contributed by atoms with Gasteiger partial charge in [-0.15, -0.1) is 11.3 Å². The predicted molar refractivity (Wildman–Crippen MR) is 132 cm³/mol. The van der Waals surface area contributed by atoms with Gasteiger partial charge in [0.05, 0.1) is 18.6 Å². The summed E-state index contributed by atoms with van der Waals surface area (Å²) in [7, 11) is 0. The number of pyridine rings is 1. The van der Waals surface area contributed by atoms with E-state index in [0.717, 1.165) is 16.0 Å². The van der Waals surface area contributed by atoms with E-state index in [1.54, 1.807) is 23.5 Å². The van der Waals surface area contributed by atoms with Crippen molar-refractivity contribution >= 4 is 56.9 Å². The average Bonchev–Trinajstić information content (AvgIpc) is 3.44. The molecule has 0 radical (unpaired) electrons. The SMILES string of the molecule is O=c1[nH]c2cc3c(cc2cc1CN(Cc1cccs1)C(=S)Nc1cccc(Cl)c1)OCO3. The van der Waals surface area contributed by atoms with Gasteiger partial charge in [-0.25, -0.2) is 0 Å². The van der Waals surface area contributed by atoms with Crippen LogP contribution in [0.25, 0.3) is 10.9 Å².